The van der Waals surface area contributed by atoms with Gasteiger partial charge in [0.1, 0.15) is 15.4 Å². The Labute approximate surface area is 174 Å². The molecule has 2 atom stereocenters. The lowest BCUT2D eigenvalue weighted by Gasteiger charge is -2.46. The van der Waals surface area contributed by atoms with Crippen molar-refractivity contribution in [2.24, 2.45) is 0 Å². The Kier molecular flexibility index (Phi) is 5.56. The van der Waals surface area contributed by atoms with Gasteiger partial charge in [0.15, 0.2) is 0 Å². The van der Waals surface area contributed by atoms with Crippen molar-refractivity contribution in [1.82, 2.24) is 19.9 Å². The third-order valence-electron chi connectivity index (χ3n) is 5.64. The molecule has 2 aromatic heterocycles. The summed E-state index contributed by atoms with van der Waals surface area (Å²) >= 11 is 7.94. The molecule has 10 heteroatoms. The summed E-state index contributed by atoms with van der Waals surface area (Å²) in [6.45, 7) is 4.92. The van der Waals surface area contributed by atoms with E-state index >= 15 is 0 Å². The number of hydrogen-bond donors (Lipinski definition) is 0. The standard InChI is InChI=1S/C18H25ClN4O3S2/c1-13-10-18(17-14(3-7-26-18)9-16(19)27-17)4-5-22(13)11-15-12-23(21-20-15)6-8-28(2,24)25/h9,12-13H,3-8,10-11H2,1-2H3/t13-,18?/m0/s1. The summed E-state index contributed by atoms with van der Waals surface area (Å²) in [6.07, 6.45) is 5.88. The van der Waals surface area contributed by atoms with E-state index in [-0.39, 0.29) is 11.4 Å². The molecule has 1 spiro atoms. The predicted molar refractivity (Wildman–Crippen MR) is 110 cm³/mol. The Balaban J connectivity index is 1.41. The Morgan fingerprint density at radius 3 is 3.04 bits per heavy atom. The van der Waals surface area contributed by atoms with Crippen LogP contribution >= 0.6 is 22.9 Å². The third kappa shape index (κ3) is 4.28. The average molecular weight is 445 g/mol. The number of aryl methyl sites for hydroxylation is 1. The molecule has 4 heterocycles. The minimum Gasteiger partial charge on any atom is -0.369 e. The normalized spacial score (nSPS) is 25.9. The Morgan fingerprint density at radius 1 is 1.46 bits per heavy atom. The molecule has 0 aliphatic carbocycles. The minimum atomic E-state index is -3.01. The molecule has 0 radical (unpaired) electrons. The maximum Gasteiger partial charge on any atom is 0.149 e. The van der Waals surface area contributed by atoms with Gasteiger partial charge in [0.25, 0.3) is 0 Å². The van der Waals surface area contributed by atoms with Crippen molar-refractivity contribution in [3.05, 3.63) is 32.7 Å². The van der Waals surface area contributed by atoms with Crippen molar-refractivity contribution < 1.29 is 13.2 Å². The molecule has 0 amide bonds. The van der Waals surface area contributed by atoms with E-state index in [9.17, 15) is 8.42 Å². The maximum absolute atomic E-state index is 11.3. The molecule has 0 saturated carbocycles. The van der Waals surface area contributed by atoms with Crippen molar-refractivity contribution >= 4 is 32.8 Å². The highest BCUT2D eigenvalue weighted by Crippen LogP contribution is 2.47. The molecular weight excluding hydrogens is 420 g/mol. The van der Waals surface area contributed by atoms with E-state index in [1.165, 1.54) is 16.7 Å². The highest BCUT2D eigenvalue weighted by molar-refractivity contribution is 7.90. The monoisotopic (exact) mass is 444 g/mol. The zero-order valence-corrected chi connectivity index (χ0v) is 18.5. The van der Waals surface area contributed by atoms with Crippen molar-refractivity contribution in [3.8, 4) is 0 Å². The number of likely N-dealkylation sites (tertiary alicyclic amines) is 1. The molecule has 28 heavy (non-hydrogen) atoms. The van der Waals surface area contributed by atoms with Crippen molar-refractivity contribution in [3.63, 3.8) is 0 Å². The summed E-state index contributed by atoms with van der Waals surface area (Å²) in [6, 6.07) is 2.43. The molecule has 1 unspecified atom stereocenters. The van der Waals surface area contributed by atoms with Gasteiger partial charge in [0, 0.05) is 36.5 Å². The first-order valence-electron chi connectivity index (χ1n) is 9.47. The van der Waals surface area contributed by atoms with Gasteiger partial charge in [-0.25, -0.2) is 8.42 Å². The minimum absolute atomic E-state index is 0.0709. The van der Waals surface area contributed by atoms with Gasteiger partial charge in [-0.3, -0.25) is 9.58 Å². The van der Waals surface area contributed by atoms with Gasteiger partial charge in [0.05, 0.1) is 28.9 Å². The van der Waals surface area contributed by atoms with Crippen molar-refractivity contribution in [2.45, 2.75) is 50.9 Å². The van der Waals surface area contributed by atoms with Gasteiger partial charge >= 0.3 is 0 Å². The lowest BCUT2D eigenvalue weighted by Crippen LogP contribution is -2.50. The van der Waals surface area contributed by atoms with Crippen LogP contribution in [0.15, 0.2) is 12.3 Å². The number of rotatable bonds is 5. The van der Waals surface area contributed by atoms with Gasteiger partial charge < -0.3 is 4.74 Å². The number of nitrogens with zero attached hydrogens (tertiary/aromatic N) is 4. The van der Waals surface area contributed by atoms with Gasteiger partial charge in [-0.2, -0.15) is 0 Å². The van der Waals surface area contributed by atoms with Crippen LogP contribution in [0, 0.1) is 0 Å². The number of fused-ring (bicyclic) bond motifs is 2. The van der Waals surface area contributed by atoms with E-state index in [0.29, 0.717) is 19.1 Å². The summed E-state index contributed by atoms with van der Waals surface area (Å²) in [4.78, 5) is 3.70. The van der Waals surface area contributed by atoms with E-state index in [1.54, 1.807) is 16.0 Å². The lowest BCUT2D eigenvalue weighted by atomic mass is 9.82. The summed E-state index contributed by atoms with van der Waals surface area (Å²) in [5, 5.41) is 8.28. The van der Waals surface area contributed by atoms with Crippen LogP contribution in [-0.4, -0.2) is 59.5 Å². The second-order valence-electron chi connectivity index (χ2n) is 7.87. The van der Waals surface area contributed by atoms with Crippen LogP contribution in [0.4, 0.5) is 0 Å². The smallest absolute Gasteiger partial charge is 0.149 e. The molecule has 2 aromatic rings. The van der Waals surface area contributed by atoms with E-state index in [0.717, 1.165) is 42.4 Å². The Bertz CT molecular complexity index is 958. The molecule has 7 nitrogen and oxygen atoms in total. The fraction of sp³-hybridized carbons (Fsp3) is 0.667. The number of piperidine rings is 1. The zero-order chi connectivity index (χ0) is 19.9. The molecule has 1 fully saturated rings. The van der Waals surface area contributed by atoms with E-state index in [1.807, 2.05) is 6.20 Å². The summed E-state index contributed by atoms with van der Waals surface area (Å²) < 4.78 is 31.4. The number of ether oxygens (including phenoxy) is 1. The Morgan fingerprint density at radius 2 is 2.29 bits per heavy atom. The molecular formula is C18H25ClN4O3S2. The van der Waals surface area contributed by atoms with Gasteiger partial charge in [-0.05, 0) is 37.8 Å². The molecule has 0 bridgehead atoms. The number of thiophene rings is 1. The quantitative estimate of drug-likeness (QED) is 0.705. The molecule has 0 N–H and O–H groups in total. The first kappa shape index (κ1) is 20.3. The van der Waals surface area contributed by atoms with Crippen LogP contribution in [0.1, 0.15) is 35.9 Å². The first-order chi connectivity index (χ1) is 13.2. The SMILES string of the molecule is C[C@H]1CC2(CCN1Cc1cn(CCS(C)(=O)=O)nn1)OCCc1cc(Cl)sc12. The summed E-state index contributed by atoms with van der Waals surface area (Å²) in [5.41, 5.74) is 1.99. The molecule has 4 rings (SSSR count). The van der Waals surface area contributed by atoms with Crippen LogP contribution in [-0.2, 0) is 39.7 Å². The third-order valence-corrected chi connectivity index (χ3v) is 8.05. The Hall–Kier alpha value is -1.000. The van der Waals surface area contributed by atoms with E-state index < -0.39 is 9.84 Å². The number of aromatic nitrogens is 3. The van der Waals surface area contributed by atoms with E-state index in [2.05, 4.69) is 28.2 Å². The number of sulfone groups is 1. The first-order valence-corrected chi connectivity index (χ1v) is 12.7. The molecule has 154 valence electrons. The molecule has 2 aliphatic rings. The van der Waals surface area contributed by atoms with Crippen molar-refractivity contribution in [2.75, 3.05) is 25.2 Å². The highest BCUT2D eigenvalue weighted by Gasteiger charge is 2.44. The molecule has 1 saturated heterocycles. The zero-order valence-electron chi connectivity index (χ0n) is 16.1. The predicted octanol–water partition coefficient (Wildman–Crippen LogP) is 2.49. The van der Waals surface area contributed by atoms with Gasteiger partial charge in [0.2, 0.25) is 0 Å². The van der Waals surface area contributed by atoms with Crippen LogP contribution in [0.2, 0.25) is 4.34 Å². The second-order valence-corrected chi connectivity index (χ2v) is 11.8. The fourth-order valence-electron chi connectivity index (χ4n) is 4.20. The van der Waals surface area contributed by atoms with Crippen LogP contribution in [0.5, 0.6) is 0 Å². The summed E-state index contributed by atoms with van der Waals surface area (Å²) in [5.74, 6) is 0.0709. The van der Waals surface area contributed by atoms with E-state index in [4.69, 9.17) is 16.3 Å². The highest BCUT2D eigenvalue weighted by atomic mass is 35.5. The maximum atomic E-state index is 11.3. The van der Waals surface area contributed by atoms with Gasteiger partial charge in [-0.15, -0.1) is 16.4 Å². The van der Waals surface area contributed by atoms with Crippen molar-refractivity contribution in [1.29, 1.82) is 0 Å². The molecule has 0 aromatic carbocycles. The number of halogens is 1. The summed E-state index contributed by atoms with van der Waals surface area (Å²) in [7, 11) is -3.01. The fourth-order valence-corrected chi connectivity index (χ4v) is 6.20. The second kappa shape index (κ2) is 7.68. The van der Waals surface area contributed by atoms with Crippen LogP contribution in [0.3, 0.4) is 0 Å². The van der Waals surface area contributed by atoms with Gasteiger partial charge in [-0.1, -0.05) is 16.8 Å². The number of hydrogen-bond acceptors (Lipinski definition) is 7. The average Bonchev–Trinajstić information content (AvgIpc) is 3.22. The topological polar surface area (TPSA) is 77.3 Å². The molecule has 2 aliphatic heterocycles. The lowest BCUT2D eigenvalue weighted by molar-refractivity contribution is -0.110. The van der Waals surface area contributed by atoms with Crippen LogP contribution < -0.4 is 0 Å². The van der Waals surface area contributed by atoms with Crippen LogP contribution in [0.25, 0.3) is 0 Å². The largest absolute Gasteiger partial charge is 0.369 e.